The van der Waals surface area contributed by atoms with Crippen LogP contribution in [0, 0.1) is 0 Å². The third-order valence-electron chi connectivity index (χ3n) is 3.98. The lowest BCUT2D eigenvalue weighted by Crippen LogP contribution is -2.34. The van der Waals surface area contributed by atoms with Crippen LogP contribution in [0.3, 0.4) is 0 Å². The first-order valence-electron chi connectivity index (χ1n) is 7.23. The molecule has 3 rings (SSSR count). The van der Waals surface area contributed by atoms with Crippen molar-refractivity contribution in [2.75, 3.05) is 20.2 Å². The Morgan fingerprint density at radius 1 is 1.10 bits per heavy atom. The van der Waals surface area contributed by atoms with E-state index in [1.165, 1.54) is 11.1 Å². The van der Waals surface area contributed by atoms with Crippen LogP contribution in [-0.2, 0) is 13.0 Å². The number of nitrogens with zero attached hydrogens (tertiary/aromatic N) is 1. The summed E-state index contributed by atoms with van der Waals surface area (Å²) in [5.41, 5.74) is 3.40. The van der Waals surface area contributed by atoms with E-state index in [0.717, 1.165) is 19.5 Å². The summed E-state index contributed by atoms with van der Waals surface area (Å²) in [6.45, 7) is 2.21. The number of hydrogen-bond acceptors (Lipinski definition) is 3. The van der Waals surface area contributed by atoms with E-state index in [2.05, 4.69) is 29.2 Å². The predicted octanol–water partition coefficient (Wildman–Crippen LogP) is 2.94. The van der Waals surface area contributed by atoms with Crippen LogP contribution < -0.4 is 4.74 Å². The van der Waals surface area contributed by atoms with E-state index in [4.69, 9.17) is 4.74 Å². The van der Waals surface area contributed by atoms with Crippen LogP contribution in [0.4, 0.5) is 0 Å². The molecule has 0 amide bonds. The largest absolute Gasteiger partial charge is 0.496 e. The number of rotatable bonds is 4. The van der Waals surface area contributed by atoms with Crippen LogP contribution >= 0.6 is 0 Å². The van der Waals surface area contributed by atoms with Gasteiger partial charge in [-0.15, -0.1) is 0 Å². The highest BCUT2D eigenvalue weighted by Gasteiger charge is 2.20. The van der Waals surface area contributed by atoms with E-state index in [0.29, 0.717) is 17.9 Å². The Morgan fingerprint density at radius 2 is 1.81 bits per heavy atom. The minimum absolute atomic E-state index is 0.117. The number of fused-ring (bicyclic) bond motifs is 1. The normalized spacial score (nSPS) is 14.5. The second kappa shape index (κ2) is 6.10. The van der Waals surface area contributed by atoms with E-state index in [1.54, 1.807) is 7.11 Å². The van der Waals surface area contributed by atoms with Gasteiger partial charge in [-0.25, -0.2) is 0 Å². The lowest BCUT2D eigenvalue weighted by Gasteiger charge is -2.28. The second-order valence-electron chi connectivity index (χ2n) is 5.35. The lowest BCUT2D eigenvalue weighted by atomic mass is 9.99. The molecule has 3 nitrogen and oxygen atoms in total. The van der Waals surface area contributed by atoms with Gasteiger partial charge in [0.05, 0.1) is 19.2 Å². The summed E-state index contributed by atoms with van der Waals surface area (Å²) in [5.74, 6) is 0.770. The van der Waals surface area contributed by atoms with E-state index in [9.17, 15) is 4.79 Å². The zero-order chi connectivity index (χ0) is 14.7. The monoisotopic (exact) mass is 281 g/mol. The van der Waals surface area contributed by atoms with Crippen molar-refractivity contribution < 1.29 is 9.53 Å². The number of ether oxygens (including phenoxy) is 1. The van der Waals surface area contributed by atoms with Gasteiger partial charge in [0.1, 0.15) is 5.75 Å². The number of methoxy groups -OCH3 is 1. The second-order valence-corrected chi connectivity index (χ2v) is 5.35. The van der Waals surface area contributed by atoms with Crippen molar-refractivity contribution in [3.05, 3.63) is 65.2 Å². The topological polar surface area (TPSA) is 29.5 Å². The molecule has 0 saturated heterocycles. The standard InChI is InChI=1S/C18H19NO2/c1-21-18-9-5-4-8-16(18)17(20)13-19-11-10-14-6-2-3-7-15(14)12-19/h2-9H,10-13H2,1H3. The number of ketones is 1. The minimum atomic E-state index is 0.117. The van der Waals surface area contributed by atoms with Crippen LogP contribution in [0.2, 0.25) is 0 Å². The third-order valence-corrected chi connectivity index (χ3v) is 3.98. The number of para-hydroxylation sites is 1. The zero-order valence-electron chi connectivity index (χ0n) is 12.2. The molecule has 0 saturated carbocycles. The number of carbonyl (C=O) groups excluding carboxylic acids is 1. The summed E-state index contributed by atoms with van der Waals surface area (Å²) in [7, 11) is 1.60. The molecule has 0 bridgehead atoms. The van der Waals surface area contributed by atoms with Gasteiger partial charge in [-0.2, -0.15) is 0 Å². The van der Waals surface area contributed by atoms with Crippen molar-refractivity contribution in [2.24, 2.45) is 0 Å². The SMILES string of the molecule is COc1ccccc1C(=O)CN1CCc2ccccc2C1. The van der Waals surface area contributed by atoms with Crippen LogP contribution in [0.25, 0.3) is 0 Å². The summed E-state index contributed by atoms with van der Waals surface area (Å²) in [6.07, 6.45) is 1.01. The van der Waals surface area contributed by atoms with Crippen molar-refractivity contribution in [2.45, 2.75) is 13.0 Å². The molecule has 2 aromatic carbocycles. The highest BCUT2D eigenvalue weighted by molar-refractivity contribution is 6.00. The molecule has 1 heterocycles. The van der Waals surface area contributed by atoms with Crippen molar-refractivity contribution in [1.29, 1.82) is 0 Å². The first kappa shape index (κ1) is 13.8. The van der Waals surface area contributed by atoms with E-state index < -0.39 is 0 Å². The minimum Gasteiger partial charge on any atom is -0.496 e. The summed E-state index contributed by atoms with van der Waals surface area (Å²) >= 11 is 0. The smallest absolute Gasteiger partial charge is 0.180 e. The molecule has 0 fully saturated rings. The Kier molecular flexibility index (Phi) is 4.02. The molecule has 3 heteroatoms. The molecule has 1 aliphatic rings. The molecule has 0 aliphatic carbocycles. The van der Waals surface area contributed by atoms with Crippen LogP contribution in [0.5, 0.6) is 5.75 Å². The highest BCUT2D eigenvalue weighted by atomic mass is 16.5. The summed E-state index contributed by atoms with van der Waals surface area (Å²) in [4.78, 5) is 14.7. The first-order valence-corrected chi connectivity index (χ1v) is 7.23. The highest BCUT2D eigenvalue weighted by Crippen LogP contribution is 2.21. The molecular weight excluding hydrogens is 262 g/mol. The molecule has 0 spiro atoms. The molecule has 0 unspecified atom stereocenters. The quantitative estimate of drug-likeness (QED) is 0.807. The van der Waals surface area contributed by atoms with Crippen molar-refractivity contribution in [3.8, 4) is 5.75 Å². The predicted molar refractivity (Wildman–Crippen MR) is 82.7 cm³/mol. The Bertz CT molecular complexity index is 651. The molecule has 0 aromatic heterocycles. The molecule has 0 N–H and O–H groups in total. The van der Waals surface area contributed by atoms with Gasteiger partial charge in [-0.05, 0) is 29.7 Å². The molecule has 21 heavy (non-hydrogen) atoms. The number of carbonyl (C=O) groups is 1. The number of benzene rings is 2. The van der Waals surface area contributed by atoms with Crippen molar-refractivity contribution in [1.82, 2.24) is 4.90 Å². The Balaban J connectivity index is 1.72. The van der Waals surface area contributed by atoms with Gasteiger partial charge in [0.15, 0.2) is 5.78 Å². The van der Waals surface area contributed by atoms with E-state index in [1.807, 2.05) is 24.3 Å². The van der Waals surface area contributed by atoms with Crippen molar-refractivity contribution in [3.63, 3.8) is 0 Å². The molecular formula is C18H19NO2. The number of Topliss-reactive ketones (excluding diaryl/α,β-unsaturated/α-hetero) is 1. The van der Waals surface area contributed by atoms with Gasteiger partial charge < -0.3 is 4.74 Å². The van der Waals surface area contributed by atoms with Crippen LogP contribution in [0.1, 0.15) is 21.5 Å². The molecule has 0 radical (unpaired) electrons. The lowest BCUT2D eigenvalue weighted by molar-refractivity contribution is 0.0918. The van der Waals surface area contributed by atoms with E-state index in [-0.39, 0.29) is 5.78 Å². The Labute approximate surface area is 125 Å². The van der Waals surface area contributed by atoms with Crippen LogP contribution in [-0.4, -0.2) is 30.9 Å². The summed E-state index contributed by atoms with van der Waals surface area (Å²) < 4.78 is 5.27. The van der Waals surface area contributed by atoms with Gasteiger partial charge >= 0.3 is 0 Å². The maximum Gasteiger partial charge on any atom is 0.180 e. The van der Waals surface area contributed by atoms with Crippen molar-refractivity contribution >= 4 is 5.78 Å². The number of hydrogen-bond donors (Lipinski definition) is 0. The fourth-order valence-electron chi connectivity index (χ4n) is 2.85. The Morgan fingerprint density at radius 3 is 2.62 bits per heavy atom. The molecule has 108 valence electrons. The summed E-state index contributed by atoms with van der Waals surface area (Å²) in [5, 5.41) is 0. The van der Waals surface area contributed by atoms with Gasteiger partial charge in [0, 0.05) is 13.1 Å². The van der Waals surface area contributed by atoms with Crippen LogP contribution in [0.15, 0.2) is 48.5 Å². The molecule has 2 aromatic rings. The molecule has 0 atom stereocenters. The summed E-state index contributed by atoms with van der Waals surface area (Å²) in [6, 6.07) is 15.9. The maximum absolute atomic E-state index is 12.5. The fraction of sp³-hybridized carbons (Fsp3) is 0.278. The van der Waals surface area contributed by atoms with Gasteiger partial charge in [0.25, 0.3) is 0 Å². The van der Waals surface area contributed by atoms with Gasteiger partial charge in [-0.1, -0.05) is 36.4 Å². The Hall–Kier alpha value is -2.13. The van der Waals surface area contributed by atoms with E-state index >= 15 is 0 Å². The van der Waals surface area contributed by atoms with Gasteiger partial charge in [-0.3, -0.25) is 9.69 Å². The third kappa shape index (κ3) is 2.98. The van der Waals surface area contributed by atoms with Gasteiger partial charge in [0.2, 0.25) is 0 Å². The first-order chi connectivity index (χ1) is 10.3. The maximum atomic E-state index is 12.5. The molecule has 1 aliphatic heterocycles. The zero-order valence-corrected chi connectivity index (χ0v) is 12.2. The average Bonchev–Trinajstić information content (AvgIpc) is 2.54. The average molecular weight is 281 g/mol. The fourth-order valence-corrected chi connectivity index (χ4v) is 2.85.